The van der Waals surface area contributed by atoms with Gasteiger partial charge in [-0.25, -0.2) is 0 Å². The lowest BCUT2D eigenvalue weighted by molar-refractivity contribution is 1.78. The molecule has 7 aromatic rings. The number of hydrogen-bond donors (Lipinski definition) is 0. The van der Waals surface area contributed by atoms with Gasteiger partial charge in [-0.2, -0.15) is 0 Å². The van der Waals surface area contributed by atoms with E-state index in [1.807, 2.05) is 0 Å². The summed E-state index contributed by atoms with van der Waals surface area (Å²) >= 11 is 0. The van der Waals surface area contributed by atoms with Crippen LogP contribution in [0.15, 0.2) is 109 Å². The second-order valence-corrected chi connectivity index (χ2v) is 8.23. The van der Waals surface area contributed by atoms with E-state index in [4.69, 9.17) is 0 Å². The summed E-state index contributed by atoms with van der Waals surface area (Å²) in [5.41, 5.74) is 0. The van der Waals surface area contributed by atoms with Crippen molar-refractivity contribution in [3.05, 3.63) is 109 Å². The molecule has 30 heavy (non-hydrogen) atoms. The van der Waals surface area contributed by atoms with Crippen LogP contribution in [-0.4, -0.2) is 0 Å². The van der Waals surface area contributed by atoms with Crippen LogP contribution in [0.1, 0.15) is 0 Å². The quantitative estimate of drug-likeness (QED) is 0.183. The van der Waals surface area contributed by atoms with Crippen LogP contribution in [0, 0.1) is 0 Å². The van der Waals surface area contributed by atoms with Crippen LogP contribution >= 0.6 is 0 Å². The Labute approximate surface area is 174 Å². The summed E-state index contributed by atoms with van der Waals surface area (Å²) < 4.78 is 0. The molecule has 0 saturated carbocycles. The minimum absolute atomic E-state index is 1.29. The summed E-state index contributed by atoms with van der Waals surface area (Å²) in [7, 11) is 0. The van der Waals surface area contributed by atoms with Crippen molar-refractivity contribution in [2.45, 2.75) is 0 Å². The van der Waals surface area contributed by atoms with Crippen molar-refractivity contribution in [3.8, 4) is 0 Å². The molecule has 0 N–H and O–H groups in total. The van der Waals surface area contributed by atoms with Gasteiger partial charge in [0.05, 0.1) is 0 Å². The monoisotopic (exact) mass is 378 g/mol. The van der Waals surface area contributed by atoms with Crippen molar-refractivity contribution in [1.82, 2.24) is 0 Å². The molecule has 0 aliphatic heterocycles. The Kier molecular flexibility index (Phi) is 3.09. The molecule has 0 aliphatic rings. The van der Waals surface area contributed by atoms with E-state index in [0.29, 0.717) is 0 Å². The van der Waals surface area contributed by atoms with Crippen molar-refractivity contribution < 1.29 is 0 Å². The third kappa shape index (κ3) is 2.16. The van der Waals surface area contributed by atoms with Gasteiger partial charge in [-0.05, 0) is 88.9 Å². The predicted molar refractivity (Wildman–Crippen MR) is 131 cm³/mol. The van der Waals surface area contributed by atoms with Crippen LogP contribution in [0.2, 0.25) is 0 Å². The zero-order chi connectivity index (χ0) is 19.7. The first-order chi connectivity index (χ1) is 14.8. The van der Waals surface area contributed by atoms with Gasteiger partial charge in [0.15, 0.2) is 0 Å². The standard InChI is InChI=1S/C30H18/c1-3-7-25-19(5-1)10-12-23-17-28-24(16-27(23)25)14-13-22-15-21-11-9-20-6-2-4-8-26(20)29(21)18-30(22)28/h1-18H. The van der Waals surface area contributed by atoms with Crippen molar-refractivity contribution >= 4 is 64.6 Å². The molecule has 0 heterocycles. The smallest absolute Gasteiger partial charge is 0.00986 e. The van der Waals surface area contributed by atoms with Gasteiger partial charge in [-0.3, -0.25) is 0 Å². The number of rotatable bonds is 0. The summed E-state index contributed by atoms with van der Waals surface area (Å²) in [6.45, 7) is 0. The average Bonchev–Trinajstić information content (AvgIpc) is 2.81. The van der Waals surface area contributed by atoms with Crippen LogP contribution < -0.4 is 0 Å². The van der Waals surface area contributed by atoms with Gasteiger partial charge < -0.3 is 0 Å². The molecule has 0 heteroatoms. The predicted octanol–water partition coefficient (Wildman–Crippen LogP) is 8.61. The van der Waals surface area contributed by atoms with E-state index in [0.717, 1.165) is 0 Å². The Morgan fingerprint density at radius 3 is 1.17 bits per heavy atom. The SMILES string of the molecule is c1ccc2c(c1)ccc1cc3c(ccc4cc5ccc6ccccc6c5cc43)cc12. The molecule has 7 aromatic carbocycles. The van der Waals surface area contributed by atoms with E-state index < -0.39 is 0 Å². The molecule has 0 spiro atoms. The minimum atomic E-state index is 1.29. The molecular weight excluding hydrogens is 360 g/mol. The average molecular weight is 378 g/mol. The third-order valence-corrected chi connectivity index (χ3v) is 6.56. The van der Waals surface area contributed by atoms with Crippen LogP contribution in [0.4, 0.5) is 0 Å². The largest absolute Gasteiger partial charge is 0.0616 e. The normalized spacial score (nSPS) is 12.0. The summed E-state index contributed by atoms with van der Waals surface area (Å²) in [4.78, 5) is 0. The zero-order valence-electron chi connectivity index (χ0n) is 16.4. The maximum absolute atomic E-state index is 2.39. The Bertz CT molecular complexity index is 1790. The summed E-state index contributed by atoms with van der Waals surface area (Å²) in [5.74, 6) is 0. The topological polar surface area (TPSA) is 0 Å². The Hall–Kier alpha value is -3.90. The van der Waals surface area contributed by atoms with Gasteiger partial charge >= 0.3 is 0 Å². The molecule has 0 aliphatic carbocycles. The summed E-state index contributed by atoms with van der Waals surface area (Å²) in [6, 6.07) is 40.3. The molecule has 0 radical (unpaired) electrons. The fraction of sp³-hybridized carbons (Fsp3) is 0. The van der Waals surface area contributed by atoms with Crippen molar-refractivity contribution in [2.24, 2.45) is 0 Å². The minimum Gasteiger partial charge on any atom is -0.0616 e. The molecule has 0 atom stereocenters. The fourth-order valence-corrected chi connectivity index (χ4v) is 5.07. The van der Waals surface area contributed by atoms with Gasteiger partial charge in [-0.15, -0.1) is 0 Å². The van der Waals surface area contributed by atoms with Crippen molar-refractivity contribution in [2.75, 3.05) is 0 Å². The van der Waals surface area contributed by atoms with Crippen LogP contribution in [0.5, 0.6) is 0 Å². The maximum Gasteiger partial charge on any atom is -0.00986 e. The molecule has 0 saturated heterocycles. The summed E-state index contributed by atoms with van der Waals surface area (Å²) in [6.07, 6.45) is 0. The highest BCUT2D eigenvalue weighted by molar-refractivity contribution is 6.21. The molecule has 0 amide bonds. The Morgan fingerprint density at radius 1 is 0.233 bits per heavy atom. The highest BCUT2D eigenvalue weighted by Gasteiger charge is 2.08. The van der Waals surface area contributed by atoms with Crippen molar-refractivity contribution in [3.63, 3.8) is 0 Å². The molecule has 0 unspecified atom stereocenters. The zero-order valence-corrected chi connectivity index (χ0v) is 16.4. The first-order valence-electron chi connectivity index (χ1n) is 10.4. The van der Waals surface area contributed by atoms with Crippen LogP contribution in [0.3, 0.4) is 0 Å². The van der Waals surface area contributed by atoms with E-state index in [-0.39, 0.29) is 0 Å². The second kappa shape index (κ2) is 5.81. The van der Waals surface area contributed by atoms with Gasteiger partial charge in [0, 0.05) is 0 Å². The van der Waals surface area contributed by atoms with Gasteiger partial charge in [-0.1, -0.05) is 84.9 Å². The van der Waals surface area contributed by atoms with Gasteiger partial charge in [0.1, 0.15) is 0 Å². The van der Waals surface area contributed by atoms with Gasteiger partial charge in [0.25, 0.3) is 0 Å². The van der Waals surface area contributed by atoms with Crippen LogP contribution in [-0.2, 0) is 0 Å². The number of fused-ring (bicyclic) bond motifs is 9. The van der Waals surface area contributed by atoms with E-state index in [2.05, 4.69) is 109 Å². The first-order valence-corrected chi connectivity index (χ1v) is 10.4. The number of benzene rings is 7. The lowest BCUT2D eigenvalue weighted by atomic mass is 9.93. The highest BCUT2D eigenvalue weighted by atomic mass is 14.1. The van der Waals surface area contributed by atoms with Gasteiger partial charge in [0.2, 0.25) is 0 Å². The molecule has 0 fully saturated rings. The summed E-state index contributed by atoms with van der Waals surface area (Å²) in [5, 5.41) is 15.7. The van der Waals surface area contributed by atoms with E-state index >= 15 is 0 Å². The van der Waals surface area contributed by atoms with E-state index in [1.165, 1.54) is 64.6 Å². The van der Waals surface area contributed by atoms with Crippen LogP contribution in [0.25, 0.3) is 64.6 Å². The van der Waals surface area contributed by atoms with E-state index in [1.54, 1.807) is 0 Å². The first kappa shape index (κ1) is 16.0. The Balaban J connectivity index is 1.65. The second-order valence-electron chi connectivity index (χ2n) is 8.23. The molecule has 0 nitrogen and oxygen atoms in total. The van der Waals surface area contributed by atoms with Crippen molar-refractivity contribution in [1.29, 1.82) is 0 Å². The molecule has 138 valence electrons. The molecular formula is C30H18. The van der Waals surface area contributed by atoms with E-state index in [9.17, 15) is 0 Å². The molecule has 0 bridgehead atoms. The molecule has 7 rings (SSSR count). The maximum atomic E-state index is 2.39. The third-order valence-electron chi connectivity index (χ3n) is 6.56. The Morgan fingerprint density at radius 2 is 0.600 bits per heavy atom. The lowest BCUT2D eigenvalue weighted by Gasteiger charge is -2.11. The highest BCUT2D eigenvalue weighted by Crippen LogP contribution is 2.36. The lowest BCUT2D eigenvalue weighted by Crippen LogP contribution is -1.84. The fourth-order valence-electron chi connectivity index (χ4n) is 5.07. The number of hydrogen-bond acceptors (Lipinski definition) is 0. The molecule has 0 aromatic heterocycles.